The van der Waals surface area contributed by atoms with Crippen LogP contribution < -0.4 is 10.1 Å². The lowest BCUT2D eigenvalue weighted by atomic mass is 10.0. The van der Waals surface area contributed by atoms with Gasteiger partial charge in [-0.3, -0.25) is 0 Å². The number of benzene rings is 1. The van der Waals surface area contributed by atoms with Crippen molar-refractivity contribution in [2.45, 2.75) is 38.1 Å². The van der Waals surface area contributed by atoms with E-state index in [0.717, 1.165) is 30.7 Å². The van der Waals surface area contributed by atoms with Crippen molar-refractivity contribution in [3.63, 3.8) is 0 Å². The van der Waals surface area contributed by atoms with E-state index < -0.39 is 0 Å². The molecular weight excluding hydrogens is 229 g/mol. The molecule has 0 heterocycles. The van der Waals surface area contributed by atoms with Gasteiger partial charge in [0.25, 0.3) is 0 Å². The second kappa shape index (κ2) is 6.19. The Hall–Kier alpha value is -1.09. The molecule has 1 atom stereocenters. The van der Waals surface area contributed by atoms with E-state index in [9.17, 15) is 4.39 Å². The fraction of sp³-hybridized carbons (Fsp3) is 0.600. The van der Waals surface area contributed by atoms with Gasteiger partial charge < -0.3 is 10.1 Å². The summed E-state index contributed by atoms with van der Waals surface area (Å²) in [5.41, 5.74) is 0.764. The standard InChI is InChI=1S/C15H22FNO/c1-17-13(11-9-10-11)7-3-5-12-6-4-8-14(18-2)15(12)16/h4,6,8,11,13,17H,3,5,7,9-10H2,1-2H3. The van der Waals surface area contributed by atoms with Gasteiger partial charge in [-0.05, 0) is 56.7 Å². The van der Waals surface area contributed by atoms with Crippen LogP contribution in [-0.4, -0.2) is 20.2 Å². The van der Waals surface area contributed by atoms with Crippen molar-refractivity contribution in [1.29, 1.82) is 0 Å². The van der Waals surface area contributed by atoms with Crippen molar-refractivity contribution in [2.75, 3.05) is 14.2 Å². The molecule has 3 heteroatoms. The topological polar surface area (TPSA) is 21.3 Å². The van der Waals surface area contributed by atoms with Gasteiger partial charge in [-0.1, -0.05) is 12.1 Å². The minimum absolute atomic E-state index is 0.201. The van der Waals surface area contributed by atoms with Crippen molar-refractivity contribution < 1.29 is 9.13 Å². The first-order chi connectivity index (χ1) is 8.76. The van der Waals surface area contributed by atoms with Crippen LogP contribution in [0.2, 0.25) is 0 Å². The highest BCUT2D eigenvalue weighted by atomic mass is 19.1. The summed E-state index contributed by atoms with van der Waals surface area (Å²) in [6.45, 7) is 0. The minimum Gasteiger partial charge on any atom is -0.494 e. The first-order valence-electron chi connectivity index (χ1n) is 6.75. The van der Waals surface area contributed by atoms with Gasteiger partial charge in [-0.25, -0.2) is 4.39 Å². The molecule has 0 aromatic heterocycles. The largest absolute Gasteiger partial charge is 0.494 e. The molecule has 1 aromatic rings. The predicted octanol–water partition coefficient (Wildman–Crippen LogP) is 3.16. The average molecular weight is 251 g/mol. The molecule has 2 rings (SSSR count). The SMILES string of the molecule is CNC(CCCc1cccc(OC)c1F)C1CC1. The Labute approximate surface area is 109 Å². The molecule has 1 aromatic carbocycles. The molecular formula is C15H22FNO. The lowest BCUT2D eigenvalue weighted by Gasteiger charge is -2.15. The molecule has 0 spiro atoms. The number of aryl methyl sites for hydroxylation is 1. The monoisotopic (exact) mass is 251 g/mol. The van der Waals surface area contributed by atoms with Gasteiger partial charge in [0.05, 0.1) is 7.11 Å². The Morgan fingerprint density at radius 3 is 2.83 bits per heavy atom. The Morgan fingerprint density at radius 1 is 1.44 bits per heavy atom. The number of hydrogen-bond acceptors (Lipinski definition) is 2. The zero-order chi connectivity index (χ0) is 13.0. The average Bonchev–Trinajstić information content (AvgIpc) is 3.21. The van der Waals surface area contributed by atoms with Crippen LogP contribution in [0.15, 0.2) is 18.2 Å². The van der Waals surface area contributed by atoms with Crippen LogP contribution in [0.4, 0.5) is 4.39 Å². The molecule has 1 N–H and O–H groups in total. The maximum absolute atomic E-state index is 13.9. The molecule has 2 nitrogen and oxygen atoms in total. The van der Waals surface area contributed by atoms with E-state index in [4.69, 9.17) is 4.74 Å². The molecule has 0 saturated heterocycles. The van der Waals surface area contributed by atoms with Crippen molar-refractivity contribution in [3.8, 4) is 5.75 Å². The van der Waals surface area contributed by atoms with Crippen molar-refractivity contribution in [3.05, 3.63) is 29.6 Å². The van der Waals surface area contributed by atoms with Gasteiger partial charge in [0.15, 0.2) is 11.6 Å². The lowest BCUT2D eigenvalue weighted by molar-refractivity contribution is 0.383. The van der Waals surface area contributed by atoms with Gasteiger partial charge in [-0.2, -0.15) is 0 Å². The van der Waals surface area contributed by atoms with Crippen LogP contribution in [0.1, 0.15) is 31.2 Å². The summed E-state index contributed by atoms with van der Waals surface area (Å²) in [5, 5.41) is 3.37. The van der Waals surface area contributed by atoms with Crippen molar-refractivity contribution in [2.24, 2.45) is 5.92 Å². The second-order valence-corrected chi connectivity index (χ2v) is 5.06. The Bertz CT molecular complexity index is 390. The third kappa shape index (κ3) is 3.22. The lowest BCUT2D eigenvalue weighted by Crippen LogP contribution is -2.27. The van der Waals surface area contributed by atoms with Gasteiger partial charge >= 0.3 is 0 Å². The molecule has 100 valence electrons. The van der Waals surface area contributed by atoms with E-state index in [1.807, 2.05) is 19.2 Å². The van der Waals surface area contributed by atoms with E-state index in [-0.39, 0.29) is 5.82 Å². The molecule has 1 fully saturated rings. The Kier molecular flexibility index (Phi) is 4.59. The maximum atomic E-state index is 13.9. The summed E-state index contributed by atoms with van der Waals surface area (Å²) >= 11 is 0. The molecule has 1 unspecified atom stereocenters. The second-order valence-electron chi connectivity index (χ2n) is 5.06. The zero-order valence-electron chi connectivity index (χ0n) is 11.2. The van der Waals surface area contributed by atoms with E-state index in [1.54, 1.807) is 6.07 Å². The number of methoxy groups -OCH3 is 1. The number of hydrogen-bond donors (Lipinski definition) is 1. The van der Waals surface area contributed by atoms with Crippen molar-refractivity contribution >= 4 is 0 Å². The third-order valence-electron chi connectivity index (χ3n) is 3.79. The molecule has 0 aliphatic heterocycles. The highest BCUT2D eigenvalue weighted by molar-refractivity contribution is 5.31. The summed E-state index contributed by atoms with van der Waals surface area (Å²) in [7, 11) is 3.53. The highest BCUT2D eigenvalue weighted by Crippen LogP contribution is 2.34. The maximum Gasteiger partial charge on any atom is 0.168 e. The van der Waals surface area contributed by atoms with E-state index >= 15 is 0 Å². The summed E-state index contributed by atoms with van der Waals surface area (Å²) in [6.07, 6.45) is 5.62. The van der Waals surface area contributed by atoms with Gasteiger partial charge in [0, 0.05) is 6.04 Å². The van der Waals surface area contributed by atoms with Crippen molar-refractivity contribution in [1.82, 2.24) is 5.32 Å². The normalized spacial score (nSPS) is 16.6. The van der Waals surface area contributed by atoms with Crippen LogP contribution >= 0.6 is 0 Å². The summed E-state index contributed by atoms with van der Waals surface area (Å²) in [5.74, 6) is 0.998. The van der Waals surface area contributed by atoms with Gasteiger partial charge in [0.2, 0.25) is 0 Å². The molecule has 0 bridgehead atoms. The summed E-state index contributed by atoms with van der Waals surface area (Å²) < 4.78 is 18.9. The van der Waals surface area contributed by atoms with Crippen LogP contribution in [0.25, 0.3) is 0 Å². The first kappa shape index (κ1) is 13.3. The zero-order valence-corrected chi connectivity index (χ0v) is 11.2. The highest BCUT2D eigenvalue weighted by Gasteiger charge is 2.29. The van der Waals surface area contributed by atoms with Crippen LogP contribution in [0.5, 0.6) is 5.75 Å². The predicted molar refractivity (Wildman–Crippen MR) is 71.5 cm³/mol. The molecule has 0 amide bonds. The smallest absolute Gasteiger partial charge is 0.168 e. The summed E-state index contributed by atoms with van der Waals surface area (Å²) in [4.78, 5) is 0. The molecule has 1 aliphatic rings. The molecule has 0 radical (unpaired) electrons. The van der Waals surface area contributed by atoms with Gasteiger partial charge in [-0.15, -0.1) is 0 Å². The van der Waals surface area contributed by atoms with Crippen LogP contribution in [0.3, 0.4) is 0 Å². The molecule has 1 saturated carbocycles. The number of halogens is 1. The van der Waals surface area contributed by atoms with E-state index in [1.165, 1.54) is 20.0 Å². The quantitative estimate of drug-likeness (QED) is 0.803. The fourth-order valence-electron chi connectivity index (χ4n) is 2.53. The number of rotatable bonds is 7. The first-order valence-corrected chi connectivity index (χ1v) is 6.75. The van der Waals surface area contributed by atoms with Crippen LogP contribution in [-0.2, 0) is 6.42 Å². The number of nitrogens with one attached hydrogen (secondary N) is 1. The Morgan fingerprint density at radius 2 is 2.22 bits per heavy atom. The number of ether oxygens (including phenoxy) is 1. The Balaban J connectivity index is 1.85. The van der Waals surface area contributed by atoms with Gasteiger partial charge in [0.1, 0.15) is 0 Å². The third-order valence-corrected chi connectivity index (χ3v) is 3.79. The van der Waals surface area contributed by atoms with Crippen LogP contribution in [0, 0.1) is 11.7 Å². The fourth-order valence-corrected chi connectivity index (χ4v) is 2.53. The molecule has 1 aliphatic carbocycles. The van der Waals surface area contributed by atoms with E-state index in [2.05, 4.69) is 5.32 Å². The van der Waals surface area contributed by atoms with E-state index in [0.29, 0.717) is 11.8 Å². The minimum atomic E-state index is -0.201. The molecule has 18 heavy (non-hydrogen) atoms. The summed E-state index contributed by atoms with van der Waals surface area (Å²) in [6, 6.07) is 5.98.